The van der Waals surface area contributed by atoms with Crippen LogP contribution in [0.5, 0.6) is 0 Å². The van der Waals surface area contributed by atoms with Gasteiger partial charge in [-0.15, -0.1) is 0 Å². The van der Waals surface area contributed by atoms with Crippen molar-refractivity contribution >= 4 is 11.7 Å². The third kappa shape index (κ3) is 5.23. The summed E-state index contributed by atoms with van der Waals surface area (Å²) in [6, 6.07) is 19.8. The molecule has 1 fully saturated rings. The maximum atomic E-state index is 13.1. The van der Waals surface area contributed by atoms with E-state index >= 15 is 0 Å². The van der Waals surface area contributed by atoms with E-state index in [4.69, 9.17) is 4.42 Å². The molecule has 0 saturated carbocycles. The zero-order chi connectivity index (χ0) is 19.9. The quantitative estimate of drug-likeness (QED) is 0.621. The van der Waals surface area contributed by atoms with Crippen LogP contribution in [0.4, 0.5) is 5.82 Å². The Morgan fingerprint density at radius 1 is 0.931 bits per heavy atom. The maximum Gasteiger partial charge on any atom is 0.237 e. The highest BCUT2D eigenvalue weighted by Gasteiger charge is 2.23. The number of hydrogen-bond acceptors (Lipinski definition) is 5. The molecule has 4 rings (SSSR count). The summed E-state index contributed by atoms with van der Waals surface area (Å²) in [6.45, 7) is 4.93. The minimum Gasteiger partial charge on any atom is -0.467 e. The van der Waals surface area contributed by atoms with Crippen molar-refractivity contribution in [3.63, 3.8) is 0 Å². The number of hydrogen-bond donors (Lipinski definition) is 0. The Bertz CT molecular complexity index is 876. The zero-order valence-electron chi connectivity index (χ0n) is 16.5. The molecule has 1 aromatic carbocycles. The lowest BCUT2D eigenvalue weighted by atomic mass is 10.2. The van der Waals surface area contributed by atoms with E-state index in [0.717, 1.165) is 43.3 Å². The van der Waals surface area contributed by atoms with Gasteiger partial charge in [0.2, 0.25) is 5.91 Å². The standard InChI is InChI=1S/C23H26N4O2/c28-23(19-25-12-14-26(15-13-25)22-10-4-5-11-24-22)27(18-21-9-6-16-29-21)17-20-7-2-1-3-8-20/h1-11,16H,12-15,17-19H2. The van der Waals surface area contributed by atoms with Crippen LogP contribution in [-0.4, -0.2) is 53.4 Å². The van der Waals surface area contributed by atoms with Gasteiger partial charge in [0.1, 0.15) is 11.6 Å². The topological polar surface area (TPSA) is 52.8 Å². The third-order valence-corrected chi connectivity index (χ3v) is 5.20. The van der Waals surface area contributed by atoms with Crippen molar-refractivity contribution in [3.05, 3.63) is 84.4 Å². The number of nitrogens with zero attached hydrogens (tertiary/aromatic N) is 4. The van der Waals surface area contributed by atoms with E-state index in [0.29, 0.717) is 19.6 Å². The molecule has 1 amide bonds. The number of benzene rings is 1. The summed E-state index contributed by atoms with van der Waals surface area (Å²) in [5.74, 6) is 1.92. The molecular weight excluding hydrogens is 364 g/mol. The van der Waals surface area contributed by atoms with Gasteiger partial charge in [0.15, 0.2) is 0 Å². The zero-order valence-corrected chi connectivity index (χ0v) is 16.5. The summed E-state index contributed by atoms with van der Waals surface area (Å²) in [5.41, 5.74) is 1.12. The number of carbonyl (C=O) groups is 1. The van der Waals surface area contributed by atoms with Crippen LogP contribution in [0.2, 0.25) is 0 Å². The molecule has 0 aliphatic carbocycles. The lowest BCUT2D eigenvalue weighted by molar-refractivity contribution is -0.134. The van der Waals surface area contributed by atoms with Crippen LogP contribution in [0, 0.1) is 0 Å². The highest BCUT2D eigenvalue weighted by atomic mass is 16.3. The Balaban J connectivity index is 1.36. The molecule has 29 heavy (non-hydrogen) atoms. The van der Waals surface area contributed by atoms with Gasteiger partial charge >= 0.3 is 0 Å². The lowest BCUT2D eigenvalue weighted by Crippen LogP contribution is -2.50. The van der Waals surface area contributed by atoms with Crippen LogP contribution in [-0.2, 0) is 17.9 Å². The van der Waals surface area contributed by atoms with Gasteiger partial charge in [-0.25, -0.2) is 4.98 Å². The summed E-state index contributed by atoms with van der Waals surface area (Å²) in [7, 11) is 0. The average Bonchev–Trinajstić information content (AvgIpc) is 3.28. The fourth-order valence-electron chi connectivity index (χ4n) is 3.59. The highest BCUT2D eigenvalue weighted by molar-refractivity contribution is 5.78. The number of carbonyl (C=O) groups excluding carboxylic acids is 1. The molecule has 0 bridgehead atoms. The average molecular weight is 390 g/mol. The predicted molar refractivity (Wildman–Crippen MR) is 112 cm³/mol. The van der Waals surface area contributed by atoms with Gasteiger partial charge in [-0.2, -0.15) is 0 Å². The van der Waals surface area contributed by atoms with Crippen LogP contribution < -0.4 is 4.90 Å². The van der Waals surface area contributed by atoms with Gasteiger partial charge in [-0.05, 0) is 29.8 Å². The molecule has 6 nitrogen and oxygen atoms in total. The maximum absolute atomic E-state index is 13.1. The molecule has 6 heteroatoms. The molecule has 1 aliphatic rings. The molecule has 2 aromatic heterocycles. The number of aromatic nitrogens is 1. The molecule has 0 unspecified atom stereocenters. The molecule has 150 valence electrons. The van der Waals surface area contributed by atoms with E-state index in [9.17, 15) is 4.79 Å². The van der Waals surface area contributed by atoms with Crippen LogP contribution in [0.15, 0.2) is 77.5 Å². The Morgan fingerprint density at radius 3 is 2.41 bits per heavy atom. The van der Waals surface area contributed by atoms with E-state index in [1.54, 1.807) is 6.26 Å². The summed E-state index contributed by atoms with van der Waals surface area (Å²) in [5, 5.41) is 0. The van der Waals surface area contributed by atoms with Crippen LogP contribution in [0.3, 0.4) is 0 Å². The minimum atomic E-state index is 0.122. The first kappa shape index (κ1) is 19.2. The molecule has 1 aliphatic heterocycles. The Labute approximate surface area is 171 Å². The first-order valence-electron chi connectivity index (χ1n) is 10.0. The van der Waals surface area contributed by atoms with Crippen molar-refractivity contribution in [1.82, 2.24) is 14.8 Å². The number of piperazine rings is 1. The van der Waals surface area contributed by atoms with E-state index < -0.39 is 0 Å². The molecule has 0 N–H and O–H groups in total. The SMILES string of the molecule is O=C(CN1CCN(c2ccccn2)CC1)N(Cc1ccccc1)Cc1ccco1. The predicted octanol–water partition coefficient (Wildman–Crippen LogP) is 3.03. The van der Waals surface area contributed by atoms with Crippen molar-refractivity contribution in [2.45, 2.75) is 13.1 Å². The Kier molecular flexibility index (Phi) is 6.22. The Hall–Kier alpha value is -3.12. The van der Waals surface area contributed by atoms with Crippen molar-refractivity contribution in [3.8, 4) is 0 Å². The summed E-state index contributed by atoms with van der Waals surface area (Å²) in [4.78, 5) is 23.9. The van der Waals surface area contributed by atoms with Crippen molar-refractivity contribution < 1.29 is 9.21 Å². The molecule has 0 radical (unpaired) electrons. The fourth-order valence-corrected chi connectivity index (χ4v) is 3.59. The second-order valence-electron chi connectivity index (χ2n) is 7.27. The second-order valence-corrected chi connectivity index (χ2v) is 7.27. The molecular formula is C23H26N4O2. The number of rotatable bonds is 7. The first-order valence-corrected chi connectivity index (χ1v) is 10.0. The van der Waals surface area contributed by atoms with Gasteiger partial charge < -0.3 is 14.2 Å². The van der Waals surface area contributed by atoms with Gasteiger partial charge in [0.05, 0.1) is 19.4 Å². The van der Waals surface area contributed by atoms with Crippen molar-refractivity contribution in [1.29, 1.82) is 0 Å². The molecule has 0 atom stereocenters. The summed E-state index contributed by atoms with van der Waals surface area (Å²) >= 11 is 0. The normalized spacial score (nSPS) is 14.7. The smallest absolute Gasteiger partial charge is 0.237 e. The monoisotopic (exact) mass is 390 g/mol. The fraction of sp³-hybridized carbons (Fsp3) is 0.304. The van der Waals surface area contributed by atoms with E-state index in [1.807, 2.05) is 71.8 Å². The number of amides is 1. The van der Waals surface area contributed by atoms with Crippen LogP contribution >= 0.6 is 0 Å². The molecule has 3 aromatic rings. The number of pyridine rings is 1. The van der Waals surface area contributed by atoms with Gasteiger partial charge in [0, 0.05) is 38.9 Å². The summed E-state index contributed by atoms with van der Waals surface area (Å²) < 4.78 is 5.48. The van der Waals surface area contributed by atoms with Crippen LogP contribution in [0.1, 0.15) is 11.3 Å². The van der Waals surface area contributed by atoms with Gasteiger partial charge in [-0.3, -0.25) is 9.69 Å². The van der Waals surface area contributed by atoms with E-state index in [2.05, 4.69) is 14.8 Å². The van der Waals surface area contributed by atoms with Gasteiger partial charge in [-0.1, -0.05) is 36.4 Å². The molecule has 0 spiro atoms. The second kappa shape index (κ2) is 9.39. The lowest BCUT2D eigenvalue weighted by Gasteiger charge is -2.36. The van der Waals surface area contributed by atoms with E-state index in [1.165, 1.54) is 0 Å². The number of furan rings is 1. The minimum absolute atomic E-state index is 0.122. The van der Waals surface area contributed by atoms with Crippen molar-refractivity contribution in [2.75, 3.05) is 37.6 Å². The molecule has 3 heterocycles. The van der Waals surface area contributed by atoms with Crippen molar-refractivity contribution in [2.24, 2.45) is 0 Å². The third-order valence-electron chi connectivity index (χ3n) is 5.20. The largest absolute Gasteiger partial charge is 0.467 e. The Morgan fingerprint density at radius 2 is 1.72 bits per heavy atom. The van der Waals surface area contributed by atoms with Crippen LogP contribution in [0.25, 0.3) is 0 Å². The first-order chi connectivity index (χ1) is 14.3. The summed E-state index contributed by atoms with van der Waals surface area (Å²) in [6.07, 6.45) is 3.47. The molecule has 1 saturated heterocycles. The number of anilines is 1. The van der Waals surface area contributed by atoms with E-state index in [-0.39, 0.29) is 5.91 Å². The highest BCUT2D eigenvalue weighted by Crippen LogP contribution is 2.14. The van der Waals surface area contributed by atoms with Gasteiger partial charge in [0.25, 0.3) is 0 Å².